The Labute approximate surface area is 186 Å². The number of hydrazine groups is 1. The highest BCUT2D eigenvalue weighted by Gasteiger charge is 2.66. The summed E-state index contributed by atoms with van der Waals surface area (Å²) in [6.45, 7) is 0. The number of aromatic nitrogens is 3. The van der Waals surface area contributed by atoms with Crippen LogP contribution in [-0.2, 0) is 15.8 Å². The van der Waals surface area contributed by atoms with Crippen LogP contribution in [0.4, 0.5) is 32.6 Å². The summed E-state index contributed by atoms with van der Waals surface area (Å²) in [6.07, 6.45) is 0.447. The lowest BCUT2D eigenvalue weighted by molar-refractivity contribution is -0.137. The molecule has 188 valence electrons. The van der Waals surface area contributed by atoms with Crippen molar-refractivity contribution in [2.75, 3.05) is 0 Å². The van der Waals surface area contributed by atoms with Crippen LogP contribution in [-0.4, -0.2) is 26.6 Å². The molecule has 1 heterocycles. The van der Waals surface area contributed by atoms with E-state index in [0.29, 0.717) is 12.8 Å². The maximum atomic E-state index is 13.2. The maximum absolute atomic E-state index is 13.2. The van der Waals surface area contributed by atoms with E-state index >= 15 is 0 Å². The standard InChI is InChI=1S/C18H17F8N5O2S/c19-18(20,21)13-7-12(8-14(9-13)34(22,23,24,25)26)16-27-10-31(30-16)6-5-15(32)28-29-17(33)11-3-1-2-4-11/h5-11H,1-4H2,(H,28,32)(H,29,33)/b6-5-. The summed E-state index contributed by atoms with van der Waals surface area (Å²) >= 11 is 0. The van der Waals surface area contributed by atoms with Crippen LogP contribution in [0.25, 0.3) is 17.6 Å². The Hall–Kier alpha value is -3.17. The molecule has 2 N–H and O–H groups in total. The molecule has 3 rings (SSSR count). The number of alkyl halides is 3. The van der Waals surface area contributed by atoms with Gasteiger partial charge in [-0.3, -0.25) is 20.4 Å². The van der Waals surface area contributed by atoms with E-state index in [1.165, 1.54) is 0 Å². The van der Waals surface area contributed by atoms with Gasteiger partial charge in [0.25, 0.3) is 5.91 Å². The van der Waals surface area contributed by atoms with Gasteiger partial charge in [0.2, 0.25) is 5.91 Å². The highest BCUT2D eigenvalue weighted by atomic mass is 32.5. The van der Waals surface area contributed by atoms with Crippen molar-refractivity contribution in [2.24, 2.45) is 5.92 Å². The molecule has 2 amide bonds. The third-order valence-corrected chi connectivity index (χ3v) is 5.99. The van der Waals surface area contributed by atoms with Gasteiger partial charge in [-0.05, 0) is 31.0 Å². The molecule has 0 unspecified atom stereocenters. The first-order chi connectivity index (χ1) is 15.4. The van der Waals surface area contributed by atoms with Crippen LogP contribution < -0.4 is 10.9 Å². The van der Waals surface area contributed by atoms with E-state index in [1.54, 1.807) is 0 Å². The number of benzene rings is 1. The van der Waals surface area contributed by atoms with E-state index in [4.69, 9.17) is 0 Å². The molecule has 16 heteroatoms. The van der Waals surface area contributed by atoms with Crippen LogP contribution in [0.15, 0.2) is 35.5 Å². The third-order valence-electron chi connectivity index (χ3n) is 4.86. The van der Waals surface area contributed by atoms with Gasteiger partial charge in [0.15, 0.2) is 5.82 Å². The van der Waals surface area contributed by atoms with Gasteiger partial charge < -0.3 is 0 Å². The van der Waals surface area contributed by atoms with Crippen molar-refractivity contribution in [3.63, 3.8) is 0 Å². The minimum Gasteiger partial charge on any atom is -0.273 e. The van der Waals surface area contributed by atoms with Crippen LogP contribution in [0.2, 0.25) is 0 Å². The topological polar surface area (TPSA) is 88.9 Å². The second kappa shape index (κ2) is 7.95. The molecule has 0 atom stereocenters. The van der Waals surface area contributed by atoms with Crippen LogP contribution in [0, 0.1) is 5.92 Å². The number of rotatable bonds is 5. The molecule has 1 fully saturated rings. The minimum absolute atomic E-state index is 0.175. The molecule has 0 saturated heterocycles. The highest BCUT2D eigenvalue weighted by molar-refractivity contribution is 8.45. The molecular formula is C18H17F8N5O2S. The Morgan fingerprint density at radius 3 is 2.26 bits per heavy atom. The number of carbonyl (C=O) groups excluding carboxylic acids is 2. The zero-order valence-electron chi connectivity index (χ0n) is 17.0. The van der Waals surface area contributed by atoms with Crippen molar-refractivity contribution in [3.05, 3.63) is 36.2 Å². The SMILES string of the molecule is O=C(/C=C\n1cnc(-c2cc(C(F)(F)F)cc(S(F)(F)(F)(F)F)c2)n1)NNC(=O)C1CCCC1. The van der Waals surface area contributed by atoms with E-state index < -0.39 is 50.2 Å². The molecule has 0 spiro atoms. The molecular weight excluding hydrogens is 502 g/mol. The molecule has 7 nitrogen and oxygen atoms in total. The van der Waals surface area contributed by atoms with Gasteiger partial charge in [-0.1, -0.05) is 32.3 Å². The van der Waals surface area contributed by atoms with E-state index in [9.17, 15) is 42.2 Å². The molecule has 0 radical (unpaired) electrons. The van der Waals surface area contributed by atoms with E-state index in [-0.39, 0.29) is 24.0 Å². The van der Waals surface area contributed by atoms with Crippen LogP contribution in [0.3, 0.4) is 0 Å². The first-order valence-electron chi connectivity index (χ1n) is 9.58. The summed E-state index contributed by atoms with van der Waals surface area (Å²) in [5, 5.41) is 3.59. The molecule has 1 aromatic heterocycles. The summed E-state index contributed by atoms with van der Waals surface area (Å²) < 4.78 is 106. The predicted molar refractivity (Wildman–Crippen MR) is 105 cm³/mol. The first kappa shape index (κ1) is 25.5. The van der Waals surface area contributed by atoms with Gasteiger partial charge in [-0.25, -0.2) is 9.67 Å². The van der Waals surface area contributed by atoms with Gasteiger partial charge in [-0.15, -0.1) is 5.10 Å². The molecule has 1 aliphatic carbocycles. The van der Waals surface area contributed by atoms with E-state index in [2.05, 4.69) is 20.9 Å². The average molecular weight is 519 g/mol. The zero-order valence-corrected chi connectivity index (χ0v) is 17.8. The number of hydrogen-bond donors (Lipinski definition) is 2. The van der Waals surface area contributed by atoms with Gasteiger partial charge in [0.05, 0.1) is 5.56 Å². The predicted octanol–water partition coefficient (Wildman–Crippen LogP) is 5.43. The quantitative estimate of drug-likeness (QED) is 0.313. The number of carbonyl (C=O) groups is 2. The number of nitrogens with zero attached hydrogens (tertiary/aromatic N) is 3. The molecule has 1 aromatic carbocycles. The van der Waals surface area contributed by atoms with Crippen molar-refractivity contribution in [1.82, 2.24) is 25.6 Å². The number of halogens is 8. The summed E-state index contributed by atoms with van der Waals surface area (Å²) in [7, 11) is -10.4. The van der Waals surface area contributed by atoms with Crippen molar-refractivity contribution in [2.45, 2.75) is 36.8 Å². The van der Waals surface area contributed by atoms with Crippen molar-refractivity contribution >= 4 is 28.2 Å². The van der Waals surface area contributed by atoms with Gasteiger partial charge in [0.1, 0.15) is 11.2 Å². The Morgan fingerprint density at radius 1 is 1.03 bits per heavy atom. The Morgan fingerprint density at radius 2 is 1.68 bits per heavy atom. The maximum Gasteiger partial charge on any atom is 0.416 e. The monoisotopic (exact) mass is 519 g/mol. The molecule has 1 saturated carbocycles. The number of hydrogen-bond acceptors (Lipinski definition) is 4. The summed E-state index contributed by atoms with van der Waals surface area (Å²) in [5.41, 5.74) is 1.41. The molecule has 0 aliphatic heterocycles. The lowest BCUT2D eigenvalue weighted by atomic mass is 10.1. The van der Waals surface area contributed by atoms with Gasteiger partial charge in [-0.2, -0.15) is 13.2 Å². The zero-order chi connectivity index (χ0) is 25.4. The third kappa shape index (κ3) is 6.45. The summed E-state index contributed by atoms with van der Waals surface area (Å²) in [6, 6.07) is -0.654. The average Bonchev–Trinajstić information content (AvgIpc) is 3.40. The summed E-state index contributed by atoms with van der Waals surface area (Å²) in [4.78, 5) is 24.4. The number of nitrogens with one attached hydrogen (secondary N) is 2. The Kier molecular flexibility index (Phi) is 5.95. The molecule has 1 aliphatic rings. The fourth-order valence-electron chi connectivity index (χ4n) is 3.19. The van der Waals surface area contributed by atoms with Crippen LogP contribution >= 0.6 is 10.2 Å². The van der Waals surface area contributed by atoms with Crippen molar-refractivity contribution in [1.29, 1.82) is 0 Å². The Balaban J connectivity index is 1.78. The normalized spacial score (nSPS) is 17.4. The Bertz CT molecular complexity index is 1140. The van der Waals surface area contributed by atoms with Crippen LogP contribution in [0.1, 0.15) is 31.2 Å². The van der Waals surface area contributed by atoms with Gasteiger partial charge >= 0.3 is 16.4 Å². The van der Waals surface area contributed by atoms with E-state index in [0.717, 1.165) is 36.1 Å². The molecule has 0 bridgehead atoms. The van der Waals surface area contributed by atoms with E-state index in [1.807, 2.05) is 0 Å². The molecule has 2 aromatic rings. The first-order valence-corrected chi connectivity index (χ1v) is 11.5. The lowest BCUT2D eigenvalue weighted by Crippen LogP contribution is -2.43. The largest absolute Gasteiger partial charge is 0.416 e. The minimum atomic E-state index is -10.4. The molecule has 34 heavy (non-hydrogen) atoms. The van der Waals surface area contributed by atoms with Crippen molar-refractivity contribution in [3.8, 4) is 11.4 Å². The summed E-state index contributed by atoms with van der Waals surface area (Å²) in [5.74, 6) is -2.13. The highest BCUT2D eigenvalue weighted by Crippen LogP contribution is 3.02. The fourth-order valence-corrected chi connectivity index (χ4v) is 3.89. The van der Waals surface area contributed by atoms with Crippen LogP contribution in [0.5, 0.6) is 0 Å². The second-order valence-electron chi connectivity index (χ2n) is 7.54. The lowest BCUT2D eigenvalue weighted by Gasteiger charge is -2.40. The fraction of sp³-hybridized carbons (Fsp3) is 0.333. The van der Waals surface area contributed by atoms with Crippen molar-refractivity contribution < 1.29 is 42.2 Å². The number of amides is 2. The smallest absolute Gasteiger partial charge is 0.273 e. The second-order valence-corrected chi connectivity index (χ2v) is 9.95. The van der Waals surface area contributed by atoms with Gasteiger partial charge in [0, 0.05) is 23.8 Å².